The van der Waals surface area contributed by atoms with Gasteiger partial charge in [-0.2, -0.15) is 0 Å². The lowest BCUT2D eigenvalue weighted by Gasteiger charge is -2.07. The Bertz CT molecular complexity index is 496. The normalized spacial score (nSPS) is 10.4. The van der Waals surface area contributed by atoms with Crippen LogP contribution >= 0.6 is 15.9 Å². The molecule has 2 aromatic rings. The Morgan fingerprint density at radius 2 is 2.25 bits per heavy atom. The van der Waals surface area contributed by atoms with E-state index in [1.54, 1.807) is 0 Å². The fourth-order valence-electron chi connectivity index (χ4n) is 1.36. The van der Waals surface area contributed by atoms with E-state index in [-0.39, 0.29) is 0 Å². The summed E-state index contributed by atoms with van der Waals surface area (Å²) in [6, 6.07) is 7.53. The summed E-state index contributed by atoms with van der Waals surface area (Å²) in [5, 5.41) is 7.15. The zero-order valence-electron chi connectivity index (χ0n) is 8.83. The van der Waals surface area contributed by atoms with E-state index in [9.17, 15) is 0 Å². The van der Waals surface area contributed by atoms with Crippen molar-refractivity contribution in [1.29, 1.82) is 0 Å². The molecule has 0 amide bonds. The van der Waals surface area contributed by atoms with Crippen LogP contribution in [0.2, 0.25) is 0 Å². The van der Waals surface area contributed by atoms with Crippen LogP contribution in [-0.2, 0) is 6.54 Å². The number of rotatable bonds is 3. The predicted octanol–water partition coefficient (Wildman–Crippen LogP) is 2.94. The van der Waals surface area contributed by atoms with E-state index in [0.29, 0.717) is 6.54 Å². The molecule has 3 N–H and O–H groups in total. The molecule has 5 heteroatoms. The number of nitrogens with zero attached hydrogens (tertiary/aromatic N) is 1. The number of anilines is 2. The monoisotopic (exact) mass is 281 g/mol. The van der Waals surface area contributed by atoms with E-state index in [0.717, 1.165) is 27.3 Å². The molecular weight excluding hydrogens is 270 g/mol. The second kappa shape index (κ2) is 4.57. The topological polar surface area (TPSA) is 64.1 Å². The molecule has 4 nitrogen and oxygen atoms in total. The maximum atomic E-state index is 5.65. The average Bonchev–Trinajstić information content (AvgIpc) is 2.63. The van der Waals surface area contributed by atoms with E-state index in [2.05, 4.69) is 26.4 Å². The molecule has 1 heterocycles. The number of benzene rings is 1. The minimum atomic E-state index is 0.625. The zero-order valence-corrected chi connectivity index (χ0v) is 10.4. The van der Waals surface area contributed by atoms with Crippen LogP contribution in [-0.4, -0.2) is 5.16 Å². The van der Waals surface area contributed by atoms with E-state index in [1.165, 1.54) is 0 Å². The molecular formula is C11H12BrN3O. The highest BCUT2D eigenvalue weighted by Crippen LogP contribution is 2.24. The molecule has 0 aliphatic heterocycles. The number of nitrogen functional groups attached to an aromatic ring is 1. The Morgan fingerprint density at radius 1 is 1.44 bits per heavy atom. The Kier molecular flexibility index (Phi) is 3.14. The number of aromatic nitrogens is 1. The molecule has 2 rings (SSSR count). The molecule has 16 heavy (non-hydrogen) atoms. The molecule has 0 fully saturated rings. The average molecular weight is 282 g/mol. The summed E-state index contributed by atoms with van der Waals surface area (Å²) in [6.07, 6.45) is 0. The minimum absolute atomic E-state index is 0.625. The van der Waals surface area contributed by atoms with Gasteiger partial charge in [-0.25, -0.2) is 0 Å². The fraction of sp³-hybridized carbons (Fsp3) is 0.182. The number of aryl methyl sites for hydroxylation is 1. The summed E-state index contributed by atoms with van der Waals surface area (Å²) in [5.41, 5.74) is 8.24. The fourth-order valence-corrected chi connectivity index (χ4v) is 1.90. The highest BCUT2D eigenvalue weighted by Gasteiger charge is 2.02. The first-order chi connectivity index (χ1) is 7.65. The van der Waals surface area contributed by atoms with Crippen LogP contribution < -0.4 is 11.1 Å². The lowest BCUT2D eigenvalue weighted by Crippen LogP contribution is -2.00. The van der Waals surface area contributed by atoms with Crippen molar-refractivity contribution >= 4 is 27.3 Å². The standard InChI is InChI=1S/C11H12BrN3O/c1-7-4-9(15-16-7)6-14-11-3-2-8(13)5-10(11)12/h2-5,14H,6,13H2,1H3. The maximum Gasteiger partial charge on any atom is 0.133 e. The van der Waals surface area contributed by atoms with Crippen molar-refractivity contribution in [1.82, 2.24) is 5.16 Å². The van der Waals surface area contributed by atoms with Crippen LogP contribution in [0.4, 0.5) is 11.4 Å². The molecule has 1 aromatic carbocycles. The van der Waals surface area contributed by atoms with Crippen LogP contribution in [0.5, 0.6) is 0 Å². The van der Waals surface area contributed by atoms with Gasteiger partial charge in [0.25, 0.3) is 0 Å². The van der Waals surface area contributed by atoms with Crippen molar-refractivity contribution in [3.8, 4) is 0 Å². The molecule has 0 saturated heterocycles. The van der Waals surface area contributed by atoms with Crippen molar-refractivity contribution in [2.45, 2.75) is 13.5 Å². The quantitative estimate of drug-likeness (QED) is 0.849. The highest BCUT2D eigenvalue weighted by atomic mass is 79.9. The first-order valence-electron chi connectivity index (χ1n) is 4.86. The summed E-state index contributed by atoms with van der Waals surface area (Å²) in [7, 11) is 0. The second-order valence-electron chi connectivity index (χ2n) is 3.52. The second-order valence-corrected chi connectivity index (χ2v) is 4.38. The number of halogens is 1. The third-order valence-electron chi connectivity index (χ3n) is 2.13. The van der Waals surface area contributed by atoms with Gasteiger partial charge in [0.05, 0.1) is 6.54 Å². The summed E-state index contributed by atoms with van der Waals surface area (Å²) < 4.78 is 5.92. The maximum absolute atomic E-state index is 5.65. The van der Waals surface area contributed by atoms with E-state index >= 15 is 0 Å². The Labute approximate surface area is 102 Å². The third-order valence-corrected chi connectivity index (χ3v) is 2.79. The Hall–Kier alpha value is -1.49. The van der Waals surface area contributed by atoms with Crippen LogP contribution in [0, 0.1) is 6.92 Å². The van der Waals surface area contributed by atoms with Crippen molar-refractivity contribution in [3.05, 3.63) is 40.2 Å². The molecule has 0 aliphatic rings. The largest absolute Gasteiger partial charge is 0.399 e. The molecule has 0 bridgehead atoms. The number of nitrogens with two attached hydrogens (primary N) is 1. The molecule has 1 aromatic heterocycles. The summed E-state index contributed by atoms with van der Waals surface area (Å²) in [6.45, 7) is 2.50. The third kappa shape index (κ3) is 2.55. The smallest absolute Gasteiger partial charge is 0.133 e. The van der Waals surface area contributed by atoms with E-state index < -0.39 is 0 Å². The molecule has 0 spiro atoms. The van der Waals surface area contributed by atoms with Gasteiger partial charge in [0.1, 0.15) is 11.5 Å². The van der Waals surface area contributed by atoms with Gasteiger partial charge in [0, 0.05) is 21.9 Å². The van der Waals surface area contributed by atoms with E-state index in [1.807, 2.05) is 31.2 Å². The van der Waals surface area contributed by atoms with Gasteiger partial charge in [-0.3, -0.25) is 0 Å². The summed E-state index contributed by atoms with van der Waals surface area (Å²) in [5.74, 6) is 0.813. The van der Waals surface area contributed by atoms with Crippen molar-refractivity contribution < 1.29 is 4.52 Å². The Balaban J connectivity index is 2.04. The number of hydrogen-bond acceptors (Lipinski definition) is 4. The van der Waals surface area contributed by atoms with Crippen molar-refractivity contribution in [2.75, 3.05) is 11.1 Å². The van der Waals surface area contributed by atoms with Gasteiger partial charge >= 0.3 is 0 Å². The molecule has 0 radical (unpaired) electrons. The molecule has 0 atom stereocenters. The van der Waals surface area contributed by atoms with Gasteiger partial charge in [0.2, 0.25) is 0 Å². The molecule has 0 unspecified atom stereocenters. The Morgan fingerprint density at radius 3 is 2.88 bits per heavy atom. The number of nitrogens with one attached hydrogen (secondary N) is 1. The minimum Gasteiger partial charge on any atom is -0.399 e. The van der Waals surface area contributed by atoms with Crippen molar-refractivity contribution in [2.24, 2.45) is 0 Å². The van der Waals surface area contributed by atoms with Gasteiger partial charge < -0.3 is 15.6 Å². The van der Waals surface area contributed by atoms with Gasteiger partial charge in [0.15, 0.2) is 0 Å². The first kappa shape index (κ1) is 11.0. The predicted molar refractivity (Wildman–Crippen MR) is 67.1 cm³/mol. The van der Waals surface area contributed by atoms with Crippen LogP contribution in [0.15, 0.2) is 33.3 Å². The van der Waals surface area contributed by atoms with Gasteiger partial charge in [-0.1, -0.05) is 5.16 Å². The molecule has 0 saturated carbocycles. The lowest BCUT2D eigenvalue weighted by molar-refractivity contribution is 0.391. The number of hydrogen-bond donors (Lipinski definition) is 2. The van der Waals surface area contributed by atoms with Gasteiger partial charge in [-0.15, -0.1) is 0 Å². The molecule has 84 valence electrons. The summed E-state index contributed by atoms with van der Waals surface area (Å²) >= 11 is 3.44. The van der Waals surface area contributed by atoms with Crippen LogP contribution in [0.3, 0.4) is 0 Å². The SMILES string of the molecule is Cc1cc(CNc2ccc(N)cc2Br)no1. The summed E-state index contributed by atoms with van der Waals surface area (Å²) in [4.78, 5) is 0. The van der Waals surface area contributed by atoms with Crippen molar-refractivity contribution in [3.63, 3.8) is 0 Å². The first-order valence-corrected chi connectivity index (χ1v) is 5.65. The zero-order chi connectivity index (χ0) is 11.5. The van der Waals surface area contributed by atoms with E-state index in [4.69, 9.17) is 10.3 Å². The van der Waals surface area contributed by atoms with Crippen LogP contribution in [0.25, 0.3) is 0 Å². The van der Waals surface area contributed by atoms with Crippen LogP contribution in [0.1, 0.15) is 11.5 Å². The molecule has 0 aliphatic carbocycles. The van der Waals surface area contributed by atoms with Gasteiger partial charge in [-0.05, 0) is 41.1 Å². The highest BCUT2D eigenvalue weighted by molar-refractivity contribution is 9.10. The lowest BCUT2D eigenvalue weighted by atomic mass is 10.3.